The number of esters is 1. The van der Waals surface area contributed by atoms with E-state index in [0.717, 1.165) is 0 Å². The number of aliphatic hydroxyl groups is 1. The van der Waals surface area contributed by atoms with Gasteiger partial charge in [0.15, 0.2) is 5.05 Å². The van der Waals surface area contributed by atoms with Crippen molar-refractivity contribution in [3.05, 3.63) is 0 Å². The van der Waals surface area contributed by atoms with E-state index in [1.54, 1.807) is 0 Å². The molecule has 0 aromatic carbocycles. The Labute approximate surface area is 70.1 Å². The molecule has 1 atom stereocenters. The first kappa shape index (κ1) is 10.3. The van der Waals surface area contributed by atoms with Gasteiger partial charge in [0.05, 0.1) is 20.6 Å². The Hall–Kier alpha value is -0.680. The lowest BCUT2D eigenvalue weighted by Crippen LogP contribution is -2.23. The van der Waals surface area contributed by atoms with Crippen molar-refractivity contribution in [2.24, 2.45) is 0 Å². The summed E-state index contributed by atoms with van der Waals surface area (Å²) in [6.07, 6.45) is -1.22. The Balaban J connectivity index is 3.77. The normalized spacial score (nSPS) is 11.9. The summed E-state index contributed by atoms with van der Waals surface area (Å²) in [4.78, 5) is 10.5. The fraction of sp³-hybridized carbons (Fsp3) is 0.667. The molecule has 0 aliphatic rings. The molecule has 0 aliphatic heterocycles. The van der Waals surface area contributed by atoms with Gasteiger partial charge < -0.3 is 14.6 Å². The van der Waals surface area contributed by atoms with Gasteiger partial charge in [0.1, 0.15) is 6.10 Å². The number of ether oxygens (including phenoxy) is 2. The molecule has 5 heteroatoms. The van der Waals surface area contributed by atoms with Crippen LogP contribution < -0.4 is 0 Å². The lowest BCUT2D eigenvalue weighted by Gasteiger charge is -2.08. The quantitative estimate of drug-likeness (QED) is 0.482. The topological polar surface area (TPSA) is 55.8 Å². The third-order valence-corrected chi connectivity index (χ3v) is 1.50. The van der Waals surface area contributed by atoms with Crippen molar-refractivity contribution in [3.63, 3.8) is 0 Å². The van der Waals surface area contributed by atoms with Gasteiger partial charge in [0.2, 0.25) is 0 Å². The van der Waals surface area contributed by atoms with E-state index in [9.17, 15) is 4.79 Å². The van der Waals surface area contributed by atoms with Gasteiger partial charge in [-0.2, -0.15) is 0 Å². The van der Waals surface area contributed by atoms with Crippen molar-refractivity contribution < 1.29 is 19.4 Å². The highest BCUT2D eigenvalue weighted by Crippen LogP contribution is 1.97. The van der Waals surface area contributed by atoms with E-state index in [4.69, 9.17) is 5.11 Å². The molecule has 0 heterocycles. The van der Waals surface area contributed by atoms with Gasteiger partial charge in [-0.15, -0.1) is 0 Å². The largest absolute Gasteiger partial charge is 0.488 e. The Morgan fingerprint density at radius 2 is 2.09 bits per heavy atom. The average Bonchev–Trinajstić information content (AvgIpc) is 2.02. The Morgan fingerprint density at radius 1 is 1.55 bits per heavy atom. The minimum Gasteiger partial charge on any atom is -0.488 e. The highest BCUT2D eigenvalue weighted by Gasteiger charge is 2.15. The van der Waals surface area contributed by atoms with E-state index in [0.29, 0.717) is 0 Å². The number of thiocarbonyl (C=S) groups is 1. The number of hydrogen-bond donors (Lipinski definition) is 1. The zero-order valence-corrected chi connectivity index (χ0v) is 7.18. The van der Waals surface area contributed by atoms with Crippen LogP contribution in [0.5, 0.6) is 0 Å². The molecule has 0 amide bonds. The molecule has 0 radical (unpaired) electrons. The highest BCUT2D eigenvalue weighted by molar-refractivity contribution is 7.80. The molecule has 0 aliphatic carbocycles. The van der Waals surface area contributed by atoms with Crippen LogP contribution in [0.4, 0.5) is 0 Å². The fourth-order valence-electron chi connectivity index (χ4n) is 0.461. The standard InChI is InChI=1S/C6H10O4S/c1-9-5(8)3-4(7)6(11)10-2/h4,7H,3H2,1-2H3. The van der Waals surface area contributed by atoms with Gasteiger partial charge in [-0.25, -0.2) is 0 Å². The van der Waals surface area contributed by atoms with Crippen molar-refractivity contribution in [2.75, 3.05) is 14.2 Å². The van der Waals surface area contributed by atoms with Crippen molar-refractivity contribution in [2.45, 2.75) is 12.5 Å². The fourth-order valence-corrected chi connectivity index (χ4v) is 0.544. The molecule has 1 N–H and O–H groups in total. The molecule has 11 heavy (non-hydrogen) atoms. The summed E-state index contributed by atoms with van der Waals surface area (Å²) in [5, 5.41) is 9.05. The Bertz CT molecular complexity index is 157. The molecule has 0 fully saturated rings. The lowest BCUT2D eigenvalue weighted by atomic mass is 10.3. The van der Waals surface area contributed by atoms with E-state index < -0.39 is 12.1 Å². The summed E-state index contributed by atoms with van der Waals surface area (Å²) in [7, 11) is 2.58. The molecule has 0 bridgehead atoms. The maximum atomic E-state index is 10.5. The van der Waals surface area contributed by atoms with Crippen LogP contribution in [0, 0.1) is 0 Å². The summed E-state index contributed by atoms with van der Waals surface area (Å²) in [6, 6.07) is 0. The number of carbonyl (C=O) groups is 1. The smallest absolute Gasteiger partial charge is 0.308 e. The van der Waals surface area contributed by atoms with Crippen molar-refractivity contribution in [1.82, 2.24) is 0 Å². The van der Waals surface area contributed by atoms with Crippen LogP contribution in [-0.4, -0.2) is 36.5 Å². The first-order valence-corrected chi connectivity index (χ1v) is 3.35. The number of aliphatic hydroxyl groups excluding tert-OH is 1. The molecule has 0 saturated carbocycles. The van der Waals surface area contributed by atoms with Gasteiger partial charge in [-0.05, 0) is 12.2 Å². The number of methoxy groups -OCH3 is 2. The Morgan fingerprint density at radius 3 is 2.45 bits per heavy atom. The van der Waals surface area contributed by atoms with E-state index in [1.165, 1.54) is 14.2 Å². The third-order valence-electron chi connectivity index (χ3n) is 1.06. The molecule has 0 spiro atoms. The van der Waals surface area contributed by atoms with E-state index in [-0.39, 0.29) is 11.5 Å². The summed E-state index contributed by atoms with van der Waals surface area (Å²) in [6.45, 7) is 0. The summed E-state index contributed by atoms with van der Waals surface area (Å²) >= 11 is 4.56. The van der Waals surface area contributed by atoms with Crippen LogP contribution in [0.25, 0.3) is 0 Å². The maximum absolute atomic E-state index is 10.5. The zero-order chi connectivity index (χ0) is 8.85. The lowest BCUT2D eigenvalue weighted by molar-refractivity contribution is -0.142. The molecule has 0 aromatic rings. The van der Waals surface area contributed by atoms with E-state index in [1.807, 2.05) is 0 Å². The molecule has 0 rings (SSSR count). The minimum atomic E-state index is -1.05. The van der Waals surface area contributed by atoms with E-state index >= 15 is 0 Å². The van der Waals surface area contributed by atoms with Gasteiger partial charge in [-0.3, -0.25) is 4.79 Å². The predicted octanol–water partition coefficient (Wildman–Crippen LogP) is -0.116. The predicted molar refractivity (Wildman–Crippen MR) is 42.2 cm³/mol. The monoisotopic (exact) mass is 178 g/mol. The second-order valence-corrected chi connectivity index (χ2v) is 2.22. The number of rotatable bonds is 3. The molecule has 1 unspecified atom stereocenters. The van der Waals surface area contributed by atoms with Crippen molar-refractivity contribution >= 4 is 23.2 Å². The molecule has 0 saturated heterocycles. The summed E-state index contributed by atoms with van der Waals surface area (Å²) in [5.41, 5.74) is 0. The Kier molecular flexibility index (Phi) is 4.72. The van der Waals surface area contributed by atoms with Crippen LogP contribution in [0.2, 0.25) is 0 Å². The molecule has 0 aromatic heterocycles. The second-order valence-electron chi connectivity index (χ2n) is 1.82. The van der Waals surface area contributed by atoms with Gasteiger partial charge in [0, 0.05) is 0 Å². The third kappa shape index (κ3) is 3.90. The van der Waals surface area contributed by atoms with Crippen LogP contribution >= 0.6 is 12.2 Å². The van der Waals surface area contributed by atoms with Gasteiger partial charge in [-0.1, -0.05) is 0 Å². The first-order valence-electron chi connectivity index (χ1n) is 2.94. The van der Waals surface area contributed by atoms with Crippen molar-refractivity contribution in [1.29, 1.82) is 0 Å². The minimum absolute atomic E-state index is 0.00426. The summed E-state index contributed by atoms with van der Waals surface area (Å²) < 4.78 is 8.83. The van der Waals surface area contributed by atoms with E-state index in [2.05, 4.69) is 21.7 Å². The SMILES string of the molecule is COC(=O)CC(O)C(=S)OC. The number of carbonyl (C=O) groups excluding carboxylic acids is 1. The molecular weight excluding hydrogens is 168 g/mol. The van der Waals surface area contributed by atoms with Crippen LogP contribution in [-0.2, 0) is 14.3 Å². The molecular formula is C6H10O4S. The summed E-state index contributed by atoms with van der Waals surface area (Å²) in [5.74, 6) is -0.517. The van der Waals surface area contributed by atoms with Crippen molar-refractivity contribution in [3.8, 4) is 0 Å². The van der Waals surface area contributed by atoms with Gasteiger partial charge in [0.25, 0.3) is 0 Å². The van der Waals surface area contributed by atoms with Crippen LogP contribution in [0.3, 0.4) is 0 Å². The first-order chi connectivity index (χ1) is 5.11. The van der Waals surface area contributed by atoms with Gasteiger partial charge >= 0.3 is 5.97 Å². The molecule has 4 nitrogen and oxygen atoms in total. The zero-order valence-electron chi connectivity index (χ0n) is 6.36. The maximum Gasteiger partial charge on any atom is 0.308 e. The molecule has 64 valence electrons. The highest BCUT2D eigenvalue weighted by atomic mass is 32.1. The van der Waals surface area contributed by atoms with Crippen LogP contribution in [0.1, 0.15) is 6.42 Å². The number of hydrogen-bond acceptors (Lipinski definition) is 5. The van der Waals surface area contributed by atoms with Crippen LogP contribution in [0.15, 0.2) is 0 Å². The average molecular weight is 178 g/mol. The second kappa shape index (κ2) is 5.03.